The molecule has 0 fully saturated rings. The van der Waals surface area contributed by atoms with Gasteiger partial charge in [-0.2, -0.15) is 5.06 Å². The molecule has 3 rings (SSSR count). The van der Waals surface area contributed by atoms with Crippen molar-refractivity contribution in [3.05, 3.63) is 53.6 Å². The number of hydrogen-bond donors (Lipinski definition) is 2. The van der Waals surface area contributed by atoms with Gasteiger partial charge < -0.3 is 20.0 Å². The van der Waals surface area contributed by atoms with Crippen molar-refractivity contribution in [1.29, 1.82) is 0 Å². The van der Waals surface area contributed by atoms with E-state index in [2.05, 4.69) is 31.3 Å². The van der Waals surface area contributed by atoms with E-state index in [1.54, 1.807) is 19.3 Å². The molecule has 0 aliphatic carbocycles. The molecule has 0 radical (unpaired) electrons. The number of hydrogen-bond acceptors (Lipinski definition) is 5. The number of rotatable bonds is 7. The molecule has 1 aliphatic heterocycles. The second-order valence-corrected chi connectivity index (χ2v) is 7.49. The lowest BCUT2D eigenvalue weighted by atomic mass is 9.86. The molecule has 0 spiro atoms. The zero-order chi connectivity index (χ0) is 20.1. The Morgan fingerprint density at radius 1 is 1.11 bits per heavy atom. The molecule has 5 nitrogen and oxygen atoms in total. The molecule has 152 valence electrons. The molecular weight excluding hydrogens is 352 g/mol. The van der Waals surface area contributed by atoms with Gasteiger partial charge in [-0.25, -0.2) is 0 Å². The Labute approximate surface area is 168 Å². The van der Waals surface area contributed by atoms with Crippen LogP contribution < -0.4 is 14.8 Å². The number of nitrogens with one attached hydrogen (secondary N) is 1. The number of nitrogens with zero attached hydrogens (tertiary/aromatic N) is 1. The van der Waals surface area contributed by atoms with Crippen LogP contribution in [0.25, 0.3) is 0 Å². The largest absolute Gasteiger partial charge is 0.493 e. The maximum absolute atomic E-state index is 11.6. The van der Waals surface area contributed by atoms with Crippen LogP contribution in [0.2, 0.25) is 0 Å². The molecule has 2 aromatic rings. The Morgan fingerprint density at radius 2 is 1.79 bits per heavy atom. The van der Waals surface area contributed by atoms with Crippen molar-refractivity contribution < 1.29 is 14.7 Å². The zero-order valence-electron chi connectivity index (χ0n) is 17.4. The number of unbranched alkanes of at least 4 members (excludes halogenated alkanes) is 1. The summed E-state index contributed by atoms with van der Waals surface area (Å²) >= 11 is 0. The summed E-state index contributed by atoms with van der Waals surface area (Å²) in [6.07, 6.45) is 3.94. The number of anilines is 1. The number of ether oxygens (including phenoxy) is 2. The van der Waals surface area contributed by atoms with Crippen LogP contribution in [-0.2, 0) is 0 Å². The highest BCUT2D eigenvalue weighted by Gasteiger charge is 2.42. The van der Waals surface area contributed by atoms with Crippen LogP contribution in [-0.4, -0.2) is 36.6 Å². The van der Waals surface area contributed by atoms with Gasteiger partial charge in [-0.15, -0.1) is 0 Å². The van der Waals surface area contributed by atoms with Gasteiger partial charge in [0.05, 0.1) is 25.8 Å². The minimum Gasteiger partial charge on any atom is -0.493 e. The Hall–Kier alpha value is -2.24. The predicted molar refractivity (Wildman–Crippen MR) is 112 cm³/mol. The second kappa shape index (κ2) is 8.84. The molecule has 28 heavy (non-hydrogen) atoms. The van der Waals surface area contributed by atoms with E-state index in [-0.39, 0.29) is 11.6 Å². The highest BCUT2D eigenvalue weighted by Crippen LogP contribution is 2.45. The molecule has 2 atom stereocenters. The summed E-state index contributed by atoms with van der Waals surface area (Å²) in [5.74, 6) is 1.34. The van der Waals surface area contributed by atoms with Crippen LogP contribution in [0.1, 0.15) is 56.7 Å². The van der Waals surface area contributed by atoms with Gasteiger partial charge in [0.15, 0.2) is 11.5 Å². The van der Waals surface area contributed by atoms with Crippen LogP contribution in [0.15, 0.2) is 42.5 Å². The summed E-state index contributed by atoms with van der Waals surface area (Å²) in [5, 5.41) is 16.8. The fraction of sp³-hybridized carbons (Fsp3) is 0.478. The number of methoxy groups -OCH3 is 2. The van der Waals surface area contributed by atoms with Gasteiger partial charge in [0.25, 0.3) is 0 Å². The first-order chi connectivity index (χ1) is 13.6. The summed E-state index contributed by atoms with van der Waals surface area (Å²) in [6.45, 7) is 5.01. The average molecular weight is 385 g/mol. The van der Waals surface area contributed by atoms with Gasteiger partial charge in [-0.3, -0.25) is 0 Å². The molecule has 2 N–H and O–H groups in total. The highest BCUT2D eigenvalue weighted by atomic mass is 16.5. The third-order valence-corrected chi connectivity index (χ3v) is 5.96. The molecular formula is C23H32N2O3. The Morgan fingerprint density at radius 3 is 2.39 bits per heavy atom. The van der Waals surface area contributed by atoms with E-state index in [0.717, 1.165) is 42.5 Å². The monoisotopic (exact) mass is 384 g/mol. The van der Waals surface area contributed by atoms with Gasteiger partial charge in [0, 0.05) is 23.9 Å². The molecule has 0 saturated carbocycles. The summed E-state index contributed by atoms with van der Waals surface area (Å²) in [4.78, 5) is 0. The zero-order valence-corrected chi connectivity index (χ0v) is 17.4. The third-order valence-electron chi connectivity index (χ3n) is 5.96. The lowest BCUT2D eigenvalue weighted by Gasteiger charge is -2.42. The first-order valence-electron chi connectivity index (χ1n) is 10.1. The molecule has 1 heterocycles. The SMILES string of the molecule is CCCCC1(CC)CNc2cc(OC)c(OC)cc2C(c2ccccc2)N1O. The van der Waals surface area contributed by atoms with Crippen LogP contribution >= 0.6 is 0 Å². The quantitative estimate of drug-likeness (QED) is 0.683. The Balaban J connectivity index is 2.18. The van der Waals surface area contributed by atoms with E-state index >= 15 is 0 Å². The summed E-state index contributed by atoms with van der Waals surface area (Å²) in [5.41, 5.74) is 2.66. The van der Waals surface area contributed by atoms with E-state index in [0.29, 0.717) is 18.0 Å². The summed E-state index contributed by atoms with van der Waals surface area (Å²) in [7, 11) is 3.28. The number of benzene rings is 2. The Bertz CT molecular complexity index is 781. The normalized spacial score (nSPS) is 22.1. The minimum absolute atomic E-state index is 0.289. The van der Waals surface area contributed by atoms with Gasteiger partial charge in [0.1, 0.15) is 0 Å². The average Bonchev–Trinajstić information content (AvgIpc) is 2.86. The number of hydroxylamine groups is 2. The van der Waals surface area contributed by atoms with E-state index in [9.17, 15) is 5.21 Å². The molecule has 0 saturated heterocycles. The lowest BCUT2D eigenvalue weighted by Crippen LogP contribution is -2.51. The molecule has 0 aromatic heterocycles. The molecule has 5 heteroatoms. The molecule has 0 amide bonds. The second-order valence-electron chi connectivity index (χ2n) is 7.49. The third kappa shape index (κ3) is 3.69. The molecule has 2 unspecified atom stereocenters. The standard InChI is InChI=1S/C23H32N2O3/c1-5-7-13-23(6-2)16-24-19-15-21(28-4)20(27-3)14-18(19)22(25(23)26)17-11-9-8-10-12-17/h8-12,14-15,22,24,26H,5-7,13,16H2,1-4H3. The van der Waals surface area contributed by atoms with Crippen molar-refractivity contribution in [2.24, 2.45) is 0 Å². The first kappa shape index (κ1) is 20.5. The van der Waals surface area contributed by atoms with Crippen LogP contribution in [0.4, 0.5) is 5.69 Å². The predicted octanol–water partition coefficient (Wildman–Crippen LogP) is 5.25. The fourth-order valence-corrected chi connectivity index (χ4v) is 4.15. The van der Waals surface area contributed by atoms with Crippen molar-refractivity contribution in [2.75, 3.05) is 26.1 Å². The van der Waals surface area contributed by atoms with Crippen molar-refractivity contribution in [3.63, 3.8) is 0 Å². The van der Waals surface area contributed by atoms with Crippen LogP contribution in [0.5, 0.6) is 11.5 Å². The number of fused-ring (bicyclic) bond motifs is 1. The van der Waals surface area contributed by atoms with Crippen LogP contribution in [0, 0.1) is 0 Å². The molecule has 2 aromatic carbocycles. The summed E-state index contributed by atoms with van der Waals surface area (Å²) in [6, 6.07) is 13.8. The topological polar surface area (TPSA) is 54.0 Å². The van der Waals surface area contributed by atoms with E-state index in [4.69, 9.17) is 9.47 Å². The van der Waals surface area contributed by atoms with Crippen molar-refractivity contribution >= 4 is 5.69 Å². The maximum atomic E-state index is 11.6. The van der Waals surface area contributed by atoms with Crippen molar-refractivity contribution in [2.45, 2.75) is 51.1 Å². The van der Waals surface area contributed by atoms with E-state index in [1.165, 1.54) is 0 Å². The first-order valence-corrected chi connectivity index (χ1v) is 10.1. The van der Waals surface area contributed by atoms with Gasteiger partial charge >= 0.3 is 0 Å². The van der Waals surface area contributed by atoms with Gasteiger partial charge in [0.2, 0.25) is 0 Å². The molecule has 1 aliphatic rings. The van der Waals surface area contributed by atoms with Gasteiger partial charge in [-0.1, -0.05) is 57.0 Å². The highest BCUT2D eigenvalue weighted by molar-refractivity contribution is 5.64. The lowest BCUT2D eigenvalue weighted by molar-refractivity contribution is -0.195. The summed E-state index contributed by atoms with van der Waals surface area (Å²) < 4.78 is 11.1. The smallest absolute Gasteiger partial charge is 0.162 e. The Kier molecular flexibility index (Phi) is 6.47. The minimum atomic E-state index is -0.351. The molecule has 0 bridgehead atoms. The fourth-order valence-electron chi connectivity index (χ4n) is 4.15. The van der Waals surface area contributed by atoms with Gasteiger partial charge in [-0.05, 0) is 24.5 Å². The maximum Gasteiger partial charge on any atom is 0.162 e. The van der Waals surface area contributed by atoms with Crippen molar-refractivity contribution in [1.82, 2.24) is 5.06 Å². The van der Waals surface area contributed by atoms with Crippen LogP contribution in [0.3, 0.4) is 0 Å². The van der Waals surface area contributed by atoms with E-state index in [1.807, 2.05) is 30.3 Å². The van der Waals surface area contributed by atoms with E-state index < -0.39 is 0 Å². The van der Waals surface area contributed by atoms with Crippen molar-refractivity contribution in [3.8, 4) is 11.5 Å².